The van der Waals surface area contributed by atoms with Gasteiger partial charge in [0.05, 0.1) is 0 Å². The second-order valence-electron chi connectivity index (χ2n) is 5.66. The van der Waals surface area contributed by atoms with E-state index in [1.165, 1.54) is 16.7 Å². The van der Waals surface area contributed by atoms with Gasteiger partial charge in [-0.05, 0) is 24.8 Å². The molecular weight excluding hydrogens is 182 g/mol. The van der Waals surface area contributed by atoms with Crippen LogP contribution in [-0.2, 0) is 6.54 Å². The predicted molar refractivity (Wildman–Crippen MR) is 67.1 cm³/mol. The van der Waals surface area contributed by atoms with Gasteiger partial charge in [0.2, 0.25) is 0 Å². The highest BCUT2D eigenvalue weighted by molar-refractivity contribution is 5.28. The monoisotopic (exact) mass is 205 g/mol. The molecule has 0 fully saturated rings. The Morgan fingerprint density at radius 2 is 1.53 bits per heavy atom. The summed E-state index contributed by atoms with van der Waals surface area (Å²) in [5.41, 5.74) is 4.45. The van der Waals surface area contributed by atoms with Crippen LogP contribution in [0.3, 0.4) is 0 Å². The zero-order chi connectivity index (χ0) is 11.5. The topological polar surface area (TPSA) is 12.0 Å². The zero-order valence-corrected chi connectivity index (χ0v) is 10.6. The van der Waals surface area contributed by atoms with E-state index in [4.69, 9.17) is 0 Å². The molecule has 0 amide bonds. The van der Waals surface area contributed by atoms with Crippen molar-refractivity contribution in [1.82, 2.24) is 5.32 Å². The summed E-state index contributed by atoms with van der Waals surface area (Å²) in [5.74, 6) is 0. The first-order chi connectivity index (χ1) is 6.87. The largest absolute Gasteiger partial charge is 0.312 e. The van der Waals surface area contributed by atoms with Gasteiger partial charge < -0.3 is 5.32 Å². The molecule has 0 aromatic heterocycles. The van der Waals surface area contributed by atoms with E-state index < -0.39 is 0 Å². The molecule has 0 heterocycles. The van der Waals surface area contributed by atoms with Crippen LogP contribution in [0.5, 0.6) is 0 Å². The Kier molecular flexibility index (Phi) is 3.92. The van der Waals surface area contributed by atoms with Gasteiger partial charge in [0.1, 0.15) is 0 Å². The molecule has 1 nitrogen and oxygen atoms in total. The zero-order valence-electron chi connectivity index (χ0n) is 10.6. The summed E-state index contributed by atoms with van der Waals surface area (Å²) in [7, 11) is 0. The van der Waals surface area contributed by atoms with Crippen molar-refractivity contribution in [2.45, 2.75) is 41.2 Å². The fourth-order valence-corrected chi connectivity index (χ4v) is 1.75. The minimum atomic E-state index is 0.360. The summed E-state index contributed by atoms with van der Waals surface area (Å²) < 4.78 is 0. The Morgan fingerprint density at radius 1 is 1.00 bits per heavy atom. The molecule has 0 bridgehead atoms. The van der Waals surface area contributed by atoms with Gasteiger partial charge in [-0.15, -0.1) is 0 Å². The van der Waals surface area contributed by atoms with E-state index in [1.807, 2.05) is 0 Å². The molecule has 0 saturated heterocycles. The molecule has 0 saturated carbocycles. The SMILES string of the molecule is Cc1cc(C)cc(CNCC(C)(C)C)c1. The molecule has 1 aromatic carbocycles. The minimum Gasteiger partial charge on any atom is -0.312 e. The van der Waals surface area contributed by atoms with Crippen LogP contribution in [0.4, 0.5) is 0 Å². The van der Waals surface area contributed by atoms with E-state index >= 15 is 0 Å². The van der Waals surface area contributed by atoms with Crippen molar-refractivity contribution in [2.75, 3.05) is 6.54 Å². The average molecular weight is 205 g/mol. The fourth-order valence-electron chi connectivity index (χ4n) is 1.75. The van der Waals surface area contributed by atoms with Gasteiger partial charge >= 0.3 is 0 Å². The molecule has 84 valence electrons. The van der Waals surface area contributed by atoms with Crippen molar-refractivity contribution < 1.29 is 0 Å². The van der Waals surface area contributed by atoms with Crippen LogP contribution < -0.4 is 5.32 Å². The van der Waals surface area contributed by atoms with Crippen LogP contribution in [-0.4, -0.2) is 6.54 Å². The second-order valence-corrected chi connectivity index (χ2v) is 5.66. The maximum atomic E-state index is 3.50. The molecule has 15 heavy (non-hydrogen) atoms. The van der Waals surface area contributed by atoms with Gasteiger partial charge in [-0.2, -0.15) is 0 Å². The molecule has 0 aliphatic carbocycles. The lowest BCUT2D eigenvalue weighted by molar-refractivity contribution is 0.379. The molecule has 1 heteroatoms. The number of aryl methyl sites for hydroxylation is 2. The van der Waals surface area contributed by atoms with Crippen molar-refractivity contribution in [1.29, 1.82) is 0 Å². The van der Waals surface area contributed by atoms with E-state index in [1.54, 1.807) is 0 Å². The molecule has 1 N–H and O–H groups in total. The highest BCUT2D eigenvalue weighted by atomic mass is 14.9. The van der Waals surface area contributed by atoms with Crippen LogP contribution in [0, 0.1) is 19.3 Å². The minimum absolute atomic E-state index is 0.360. The first-order valence-corrected chi connectivity index (χ1v) is 5.65. The number of hydrogen-bond donors (Lipinski definition) is 1. The lowest BCUT2D eigenvalue weighted by Crippen LogP contribution is -2.26. The van der Waals surface area contributed by atoms with Gasteiger partial charge in [0, 0.05) is 13.1 Å². The summed E-state index contributed by atoms with van der Waals surface area (Å²) in [6.07, 6.45) is 0. The highest BCUT2D eigenvalue weighted by Crippen LogP contribution is 2.12. The number of rotatable bonds is 3. The summed E-state index contributed by atoms with van der Waals surface area (Å²) in [4.78, 5) is 0. The summed E-state index contributed by atoms with van der Waals surface area (Å²) in [6, 6.07) is 6.72. The van der Waals surface area contributed by atoms with Gasteiger partial charge in [-0.25, -0.2) is 0 Å². The smallest absolute Gasteiger partial charge is 0.0205 e. The normalized spacial score (nSPS) is 11.8. The quantitative estimate of drug-likeness (QED) is 0.797. The van der Waals surface area contributed by atoms with E-state index in [9.17, 15) is 0 Å². The second kappa shape index (κ2) is 4.80. The standard InChI is InChI=1S/C14H23N/c1-11-6-12(2)8-13(7-11)9-15-10-14(3,4)5/h6-8,15H,9-10H2,1-5H3. The molecule has 0 spiro atoms. The van der Waals surface area contributed by atoms with Crippen molar-refractivity contribution >= 4 is 0 Å². The van der Waals surface area contributed by atoms with Gasteiger partial charge in [0.25, 0.3) is 0 Å². The Bertz CT molecular complexity index is 300. The Morgan fingerprint density at radius 3 is 2.00 bits per heavy atom. The van der Waals surface area contributed by atoms with Crippen molar-refractivity contribution in [3.8, 4) is 0 Å². The number of nitrogens with one attached hydrogen (secondary N) is 1. The predicted octanol–water partition coefficient (Wildman–Crippen LogP) is 3.44. The molecule has 0 aliphatic heterocycles. The third-order valence-electron chi connectivity index (χ3n) is 2.27. The third-order valence-corrected chi connectivity index (χ3v) is 2.27. The maximum absolute atomic E-state index is 3.50. The molecule has 1 aromatic rings. The molecular formula is C14H23N. The van der Waals surface area contributed by atoms with Gasteiger partial charge in [0.15, 0.2) is 0 Å². The molecule has 1 rings (SSSR count). The van der Waals surface area contributed by atoms with E-state index in [0.29, 0.717) is 5.41 Å². The molecule has 0 radical (unpaired) electrons. The highest BCUT2D eigenvalue weighted by Gasteiger charge is 2.08. The lowest BCUT2D eigenvalue weighted by atomic mass is 9.97. The summed E-state index contributed by atoms with van der Waals surface area (Å²) in [6.45, 7) is 13.1. The first kappa shape index (κ1) is 12.3. The maximum Gasteiger partial charge on any atom is 0.0205 e. The molecule has 0 aliphatic rings. The lowest BCUT2D eigenvalue weighted by Gasteiger charge is -2.19. The van der Waals surface area contributed by atoms with E-state index in [-0.39, 0.29) is 0 Å². The molecule has 0 unspecified atom stereocenters. The molecule has 0 atom stereocenters. The Labute approximate surface area is 93.9 Å². The number of hydrogen-bond acceptors (Lipinski definition) is 1. The van der Waals surface area contributed by atoms with Crippen LogP contribution in [0.15, 0.2) is 18.2 Å². The Balaban J connectivity index is 2.51. The van der Waals surface area contributed by atoms with Crippen LogP contribution in [0.25, 0.3) is 0 Å². The summed E-state index contributed by atoms with van der Waals surface area (Å²) >= 11 is 0. The summed E-state index contributed by atoms with van der Waals surface area (Å²) in [5, 5.41) is 3.50. The van der Waals surface area contributed by atoms with Crippen molar-refractivity contribution in [2.24, 2.45) is 5.41 Å². The average Bonchev–Trinajstić information content (AvgIpc) is 1.99. The van der Waals surface area contributed by atoms with E-state index in [2.05, 4.69) is 58.1 Å². The van der Waals surface area contributed by atoms with Crippen LogP contribution in [0.2, 0.25) is 0 Å². The fraction of sp³-hybridized carbons (Fsp3) is 0.571. The van der Waals surface area contributed by atoms with Crippen molar-refractivity contribution in [3.63, 3.8) is 0 Å². The van der Waals surface area contributed by atoms with Crippen LogP contribution >= 0.6 is 0 Å². The van der Waals surface area contributed by atoms with E-state index in [0.717, 1.165) is 13.1 Å². The van der Waals surface area contributed by atoms with Crippen molar-refractivity contribution in [3.05, 3.63) is 34.9 Å². The first-order valence-electron chi connectivity index (χ1n) is 5.65. The number of benzene rings is 1. The third kappa shape index (κ3) is 4.98. The van der Waals surface area contributed by atoms with Crippen LogP contribution in [0.1, 0.15) is 37.5 Å². The van der Waals surface area contributed by atoms with Gasteiger partial charge in [-0.1, -0.05) is 50.1 Å². The Hall–Kier alpha value is -0.820. The van der Waals surface area contributed by atoms with Gasteiger partial charge in [-0.3, -0.25) is 0 Å².